The van der Waals surface area contributed by atoms with Crippen molar-refractivity contribution < 1.29 is 4.79 Å². The Balaban J connectivity index is 1.36. The third-order valence-corrected chi connectivity index (χ3v) is 8.32. The molecular formula is C25H36N8O. The molecule has 1 amide bonds. The fourth-order valence-electron chi connectivity index (χ4n) is 6.00. The molecule has 6 rings (SSSR count). The van der Waals surface area contributed by atoms with Crippen LogP contribution in [-0.4, -0.2) is 46.5 Å². The van der Waals surface area contributed by atoms with Crippen LogP contribution in [0.5, 0.6) is 0 Å². The lowest BCUT2D eigenvalue weighted by atomic mass is 9.45. The van der Waals surface area contributed by atoms with Crippen molar-refractivity contribution >= 4 is 29.4 Å². The molecule has 4 atom stereocenters. The van der Waals surface area contributed by atoms with E-state index in [2.05, 4.69) is 50.1 Å². The van der Waals surface area contributed by atoms with Gasteiger partial charge in [0.1, 0.15) is 0 Å². The number of nitrogens with two attached hydrogens (primary N) is 1. The van der Waals surface area contributed by atoms with Crippen LogP contribution < -0.4 is 27.0 Å². The van der Waals surface area contributed by atoms with Crippen LogP contribution in [0.25, 0.3) is 0 Å². The van der Waals surface area contributed by atoms with Gasteiger partial charge in [-0.3, -0.25) is 4.79 Å². The number of carbonyl (C=O) groups excluding carboxylic acids is 1. The van der Waals surface area contributed by atoms with Crippen LogP contribution in [0.2, 0.25) is 0 Å². The van der Waals surface area contributed by atoms with Crippen molar-refractivity contribution in [1.29, 1.82) is 0 Å². The second-order valence-electron chi connectivity index (χ2n) is 10.7. The highest BCUT2D eigenvalue weighted by molar-refractivity contribution is 5.94. The number of hydrogen-bond acceptors (Lipinski definition) is 8. The van der Waals surface area contributed by atoms with Crippen molar-refractivity contribution in [3.8, 4) is 0 Å². The standard InChI is InChI=1S/C25H36N8O/c1-14-4-5-15(21(26)34)10-20(14)30-24-32-22(31-23(33-24)29-18-8-9-27-13-18)28-12-16-6-7-17-11-19(16)25(17,2)3/h4-5,10,16-19,27H,6-9,11-13H2,1-3H3,(H2,26,34)(H3,28,29,30,31,32,33). The van der Waals surface area contributed by atoms with Crippen LogP contribution in [0, 0.1) is 30.1 Å². The molecule has 3 saturated carbocycles. The number of aromatic nitrogens is 3. The number of nitrogens with one attached hydrogen (secondary N) is 4. The Bertz CT molecular complexity index is 1060. The molecule has 1 saturated heterocycles. The number of amides is 1. The van der Waals surface area contributed by atoms with Crippen LogP contribution in [-0.2, 0) is 0 Å². The number of aryl methyl sites for hydroxylation is 1. The van der Waals surface area contributed by atoms with Crippen molar-refractivity contribution in [3.63, 3.8) is 0 Å². The molecule has 2 aromatic rings. The maximum Gasteiger partial charge on any atom is 0.248 e. The van der Waals surface area contributed by atoms with E-state index < -0.39 is 5.91 Å². The second kappa shape index (κ2) is 9.02. The molecule has 3 aliphatic carbocycles. The van der Waals surface area contributed by atoms with Crippen molar-refractivity contribution in [2.75, 3.05) is 35.6 Å². The number of primary amides is 1. The first-order chi connectivity index (χ1) is 16.3. The number of nitrogens with zero attached hydrogens (tertiary/aromatic N) is 3. The number of hydrogen-bond donors (Lipinski definition) is 5. The van der Waals surface area contributed by atoms with Gasteiger partial charge in [0.05, 0.1) is 0 Å². The third-order valence-electron chi connectivity index (χ3n) is 8.32. The van der Waals surface area contributed by atoms with Crippen molar-refractivity contribution in [2.45, 2.75) is 52.5 Å². The summed E-state index contributed by atoms with van der Waals surface area (Å²) in [5.74, 6) is 3.36. The largest absolute Gasteiger partial charge is 0.366 e. The van der Waals surface area contributed by atoms with E-state index in [1.807, 2.05) is 13.0 Å². The Morgan fingerprint density at radius 3 is 2.65 bits per heavy atom. The predicted octanol–water partition coefficient (Wildman–Crippen LogP) is 3.28. The van der Waals surface area contributed by atoms with Crippen molar-refractivity contribution in [2.24, 2.45) is 28.9 Å². The number of anilines is 4. The first-order valence-corrected chi connectivity index (χ1v) is 12.4. The summed E-state index contributed by atoms with van der Waals surface area (Å²) in [5, 5.41) is 13.6. The zero-order chi connectivity index (χ0) is 23.9. The van der Waals surface area contributed by atoms with Crippen LogP contribution >= 0.6 is 0 Å². The van der Waals surface area contributed by atoms with Crippen LogP contribution in [0.4, 0.5) is 23.5 Å². The summed E-state index contributed by atoms with van der Waals surface area (Å²) in [7, 11) is 0. The van der Waals surface area contributed by atoms with E-state index in [0.29, 0.717) is 34.7 Å². The summed E-state index contributed by atoms with van der Waals surface area (Å²) < 4.78 is 0. The Hall–Kier alpha value is -2.94. The molecule has 1 aromatic heterocycles. The van der Waals surface area contributed by atoms with Gasteiger partial charge in [0.25, 0.3) is 0 Å². The zero-order valence-electron chi connectivity index (χ0n) is 20.3. The SMILES string of the molecule is Cc1ccc(C(N)=O)cc1Nc1nc(NCC2CCC3CC2C3(C)C)nc(NC2CCNC2)n1. The minimum Gasteiger partial charge on any atom is -0.366 e. The molecule has 9 heteroatoms. The molecule has 4 aliphatic rings. The average Bonchev–Trinajstić information content (AvgIpc) is 3.32. The maximum absolute atomic E-state index is 11.7. The fraction of sp³-hybridized carbons (Fsp3) is 0.600. The lowest BCUT2D eigenvalue weighted by molar-refractivity contribution is -0.100. The molecule has 2 heterocycles. The number of fused-ring (bicyclic) bond motifs is 2. The van der Waals surface area contributed by atoms with Gasteiger partial charge in [0.2, 0.25) is 23.8 Å². The van der Waals surface area contributed by atoms with Gasteiger partial charge in [-0.15, -0.1) is 0 Å². The molecule has 0 spiro atoms. The molecule has 0 radical (unpaired) electrons. The van der Waals surface area contributed by atoms with Gasteiger partial charge < -0.3 is 27.0 Å². The summed E-state index contributed by atoms with van der Waals surface area (Å²) >= 11 is 0. The van der Waals surface area contributed by atoms with Gasteiger partial charge in [-0.05, 0) is 80.0 Å². The summed E-state index contributed by atoms with van der Waals surface area (Å²) in [4.78, 5) is 25.6. The minimum absolute atomic E-state index is 0.286. The summed E-state index contributed by atoms with van der Waals surface area (Å²) in [6.07, 6.45) is 4.95. The average molecular weight is 465 g/mol. The predicted molar refractivity (Wildman–Crippen MR) is 134 cm³/mol. The first-order valence-electron chi connectivity index (χ1n) is 12.4. The monoisotopic (exact) mass is 464 g/mol. The van der Waals surface area contributed by atoms with Crippen molar-refractivity contribution in [1.82, 2.24) is 20.3 Å². The summed E-state index contributed by atoms with van der Waals surface area (Å²) in [6.45, 7) is 9.54. The topological polar surface area (TPSA) is 130 Å². The van der Waals surface area contributed by atoms with Crippen LogP contribution in [0.1, 0.15) is 55.5 Å². The number of rotatable bonds is 8. The normalized spacial score (nSPS) is 27.0. The first kappa shape index (κ1) is 22.8. The lowest BCUT2D eigenvalue weighted by Crippen LogP contribution is -2.53. The smallest absolute Gasteiger partial charge is 0.248 e. The molecule has 1 aromatic carbocycles. The van der Waals surface area contributed by atoms with E-state index in [0.717, 1.165) is 49.1 Å². The Morgan fingerprint density at radius 1 is 1.15 bits per heavy atom. The van der Waals surface area contributed by atoms with E-state index >= 15 is 0 Å². The molecule has 6 N–H and O–H groups in total. The van der Waals surface area contributed by atoms with E-state index in [4.69, 9.17) is 5.73 Å². The van der Waals surface area contributed by atoms with Crippen LogP contribution in [0.15, 0.2) is 18.2 Å². The second-order valence-corrected chi connectivity index (χ2v) is 10.7. The van der Waals surface area contributed by atoms with Gasteiger partial charge in [0.15, 0.2) is 0 Å². The van der Waals surface area contributed by atoms with Gasteiger partial charge in [-0.25, -0.2) is 0 Å². The fourth-order valence-corrected chi connectivity index (χ4v) is 6.00. The van der Waals surface area contributed by atoms with E-state index in [9.17, 15) is 4.79 Å². The molecular weight excluding hydrogens is 428 g/mol. The molecule has 9 nitrogen and oxygen atoms in total. The number of carbonyl (C=O) groups is 1. The maximum atomic E-state index is 11.7. The zero-order valence-corrected chi connectivity index (χ0v) is 20.3. The Morgan fingerprint density at radius 2 is 1.94 bits per heavy atom. The molecule has 182 valence electrons. The third kappa shape index (κ3) is 4.53. The quantitative estimate of drug-likeness (QED) is 0.402. The highest BCUT2D eigenvalue weighted by Gasteiger charge is 2.53. The highest BCUT2D eigenvalue weighted by Crippen LogP contribution is 2.61. The van der Waals surface area contributed by atoms with Gasteiger partial charge >= 0.3 is 0 Å². The van der Waals surface area contributed by atoms with Crippen molar-refractivity contribution in [3.05, 3.63) is 29.3 Å². The van der Waals surface area contributed by atoms with E-state index in [1.54, 1.807) is 12.1 Å². The summed E-state index contributed by atoms with van der Waals surface area (Å²) in [5.41, 5.74) is 8.08. The van der Waals surface area contributed by atoms with Gasteiger partial charge in [0, 0.05) is 30.4 Å². The van der Waals surface area contributed by atoms with E-state index in [1.165, 1.54) is 19.3 Å². The van der Waals surface area contributed by atoms with Gasteiger partial charge in [-0.2, -0.15) is 15.0 Å². The Kier molecular flexibility index (Phi) is 6.06. The molecule has 4 unspecified atom stereocenters. The molecule has 1 aliphatic heterocycles. The number of benzene rings is 1. The highest BCUT2D eigenvalue weighted by atomic mass is 16.1. The molecule has 4 fully saturated rings. The Labute approximate surface area is 201 Å². The lowest BCUT2D eigenvalue weighted by Gasteiger charge is -2.60. The molecule has 2 bridgehead atoms. The summed E-state index contributed by atoms with van der Waals surface area (Å²) in [6, 6.07) is 5.61. The van der Waals surface area contributed by atoms with E-state index in [-0.39, 0.29) is 6.04 Å². The molecule has 34 heavy (non-hydrogen) atoms. The van der Waals surface area contributed by atoms with Gasteiger partial charge in [-0.1, -0.05) is 19.9 Å². The van der Waals surface area contributed by atoms with Crippen LogP contribution in [0.3, 0.4) is 0 Å². The minimum atomic E-state index is -0.467.